The molecule has 0 spiro atoms. The monoisotopic (exact) mass is 460 g/mol. The van der Waals surface area contributed by atoms with Crippen LogP contribution in [0.15, 0.2) is 46.9 Å². The molecule has 26 heavy (non-hydrogen) atoms. The highest BCUT2D eigenvalue weighted by Crippen LogP contribution is 2.19. The number of nitrogens with one attached hydrogen (secondary N) is 2. The van der Waals surface area contributed by atoms with E-state index in [-0.39, 0.29) is 30.7 Å². The fraction of sp³-hybridized carbons (Fsp3) is 0.333. The fourth-order valence-corrected chi connectivity index (χ4v) is 3.24. The van der Waals surface area contributed by atoms with Crippen molar-refractivity contribution in [1.29, 1.82) is 0 Å². The number of hydrogen-bond donors (Lipinski definition) is 2. The van der Waals surface area contributed by atoms with E-state index in [1.807, 2.05) is 30.3 Å². The molecule has 0 radical (unpaired) electrons. The van der Waals surface area contributed by atoms with Gasteiger partial charge in [0.15, 0.2) is 0 Å². The molecule has 8 heteroatoms. The van der Waals surface area contributed by atoms with Gasteiger partial charge in [-0.25, -0.2) is 4.98 Å². The molecule has 2 heterocycles. The summed E-state index contributed by atoms with van der Waals surface area (Å²) >= 11 is 3.40. The Labute approximate surface area is 174 Å². The molecule has 2 aromatic rings. The molecule has 0 unspecified atom stereocenters. The summed E-state index contributed by atoms with van der Waals surface area (Å²) in [5, 5.41) is 6.32. The maximum atomic E-state index is 12.4. The van der Waals surface area contributed by atoms with E-state index >= 15 is 0 Å². The molecule has 0 aliphatic carbocycles. The standard InChI is InChI=1S/C18H21BrN4O.2ClH/c1-23-11-9-13(10-12-23)20-16-7-4-8-17(21-16)22-18(24)14-5-2-3-6-15(14)19;;/h2-8,13H,9-12H2,1H3,(H2,20,21,22,24);2*1H. The summed E-state index contributed by atoms with van der Waals surface area (Å²) in [4.78, 5) is 19.2. The van der Waals surface area contributed by atoms with Crippen LogP contribution >= 0.6 is 40.7 Å². The molecule has 1 saturated heterocycles. The number of rotatable bonds is 4. The topological polar surface area (TPSA) is 57.3 Å². The lowest BCUT2D eigenvalue weighted by Crippen LogP contribution is -2.36. The van der Waals surface area contributed by atoms with Gasteiger partial charge in [0.05, 0.1) is 5.56 Å². The van der Waals surface area contributed by atoms with E-state index in [0.29, 0.717) is 17.4 Å². The lowest BCUT2D eigenvalue weighted by molar-refractivity contribution is 0.102. The Morgan fingerprint density at radius 3 is 2.42 bits per heavy atom. The SMILES string of the molecule is CN1CCC(Nc2cccc(NC(=O)c3ccccc3Br)n2)CC1.Cl.Cl. The summed E-state index contributed by atoms with van der Waals surface area (Å²) in [6.45, 7) is 2.19. The predicted octanol–water partition coefficient (Wildman–Crippen LogP) is 4.45. The van der Waals surface area contributed by atoms with E-state index in [0.717, 1.165) is 36.2 Å². The Morgan fingerprint density at radius 1 is 1.08 bits per heavy atom. The quantitative estimate of drug-likeness (QED) is 0.706. The molecule has 5 nitrogen and oxygen atoms in total. The lowest BCUT2D eigenvalue weighted by atomic mass is 10.1. The lowest BCUT2D eigenvalue weighted by Gasteiger charge is -2.29. The van der Waals surface area contributed by atoms with E-state index in [4.69, 9.17) is 0 Å². The molecule has 3 rings (SSSR count). The van der Waals surface area contributed by atoms with Gasteiger partial charge in [0, 0.05) is 10.5 Å². The van der Waals surface area contributed by atoms with Gasteiger partial charge in [-0.3, -0.25) is 4.79 Å². The second-order valence-corrected chi connectivity index (χ2v) is 6.92. The van der Waals surface area contributed by atoms with Crippen molar-refractivity contribution in [1.82, 2.24) is 9.88 Å². The summed E-state index contributed by atoms with van der Waals surface area (Å²) < 4.78 is 0.767. The number of amides is 1. The zero-order chi connectivity index (χ0) is 16.9. The third kappa shape index (κ3) is 6.13. The van der Waals surface area contributed by atoms with Gasteiger partial charge in [-0.2, -0.15) is 0 Å². The second-order valence-electron chi connectivity index (χ2n) is 6.06. The van der Waals surface area contributed by atoms with Crippen LogP contribution in [-0.4, -0.2) is 42.0 Å². The Bertz CT molecular complexity index is 724. The molecule has 1 fully saturated rings. The first kappa shape index (κ1) is 22.7. The molecular formula is C18H23BrCl2N4O. The number of hydrogen-bond acceptors (Lipinski definition) is 4. The van der Waals surface area contributed by atoms with Crippen molar-refractivity contribution in [2.75, 3.05) is 30.8 Å². The van der Waals surface area contributed by atoms with Crippen LogP contribution < -0.4 is 10.6 Å². The molecule has 2 N–H and O–H groups in total. The summed E-state index contributed by atoms with van der Waals surface area (Å²) in [5.41, 5.74) is 0.591. The third-order valence-corrected chi connectivity index (χ3v) is 4.87. The molecule has 0 saturated carbocycles. The minimum absolute atomic E-state index is 0. The number of carbonyl (C=O) groups is 1. The molecule has 142 valence electrons. The van der Waals surface area contributed by atoms with Crippen molar-refractivity contribution >= 4 is 58.3 Å². The van der Waals surface area contributed by atoms with Crippen LogP contribution in [0.2, 0.25) is 0 Å². The highest BCUT2D eigenvalue weighted by molar-refractivity contribution is 9.10. The minimum Gasteiger partial charge on any atom is -0.367 e. The van der Waals surface area contributed by atoms with Crippen LogP contribution in [0.25, 0.3) is 0 Å². The highest BCUT2D eigenvalue weighted by atomic mass is 79.9. The molecule has 1 aromatic heterocycles. The third-order valence-electron chi connectivity index (χ3n) is 4.18. The van der Waals surface area contributed by atoms with Gasteiger partial charge in [0.25, 0.3) is 5.91 Å². The van der Waals surface area contributed by atoms with E-state index in [1.54, 1.807) is 12.1 Å². The van der Waals surface area contributed by atoms with Gasteiger partial charge in [0.1, 0.15) is 11.6 Å². The molecule has 1 aliphatic rings. The number of nitrogens with zero attached hydrogens (tertiary/aromatic N) is 2. The average Bonchev–Trinajstić information content (AvgIpc) is 2.58. The zero-order valence-electron chi connectivity index (χ0n) is 14.4. The number of carbonyl (C=O) groups excluding carboxylic acids is 1. The Hall–Kier alpha value is -1.34. The minimum atomic E-state index is -0.175. The summed E-state index contributed by atoms with van der Waals surface area (Å²) in [6.07, 6.45) is 2.21. The van der Waals surface area contributed by atoms with Crippen LogP contribution in [0.1, 0.15) is 23.2 Å². The number of pyridine rings is 1. The molecule has 0 bridgehead atoms. The maximum Gasteiger partial charge on any atom is 0.257 e. The number of aromatic nitrogens is 1. The van der Waals surface area contributed by atoms with E-state index in [9.17, 15) is 4.79 Å². The summed E-state index contributed by atoms with van der Waals surface area (Å²) in [7, 11) is 2.15. The first-order valence-electron chi connectivity index (χ1n) is 8.10. The van der Waals surface area contributed by atoms with Crippen LogP contribution in [0.5, 0.6) is 0 Å². The molecule has 1 aliphatic heterocycles. The smallest absolute Gasteiger partial charge is 0.257 e. The Balaban J connectivity index is 0.00000169. The predicted molar refractivity (Wildman–Crippen MR) is 115 cm³/mol. The average molecular weight is 462 g/mol. The first-order valence-corrected chi connectivity index (χ1v) is 8.89. The normalized spacial score (nSPS) is 14.7. The summed E-state index contributed by atoms with van der Waals surface area (Å²) in [6, 6.07) is 13.4. The Kier molecular flexibility index (Phi) is 9.36. The van der Waals surface area contributed by atoms with E-state index < -0.39 is 0 Å². The van der Waals surface area contributed by atoms with Crippen LogP contribution in [0.3, 0.4) is 0 Å². The number of halogens is 3. The Morgan fingerprint density at radius 2 is 1.73 bits per heavy atom. The fourth-order valence-electron chi connectivity index (χ4n) is 2.78. The second kappa shape index (κ2) is 10.7. The highest BCUT2D eigenvalue weighted by Gasteiger charge is 2.17. The summed E-state index contributed by atoms with van der Waals surface area (Å²) in [5.74, 6) is 1.18. The van der Waals surface area contributed by atoms with Crippen LogP contribution in [-0.2, 0) is 0 Å². The number of anilines is 2. The molecule has 1 aromatic carbocycles. The first-order chi connectivity index (χ1) is 11.6. The van der Waals surface area contributed by atoms with Crippen molar-refractivity contribution < 1.29 is 4.79 Å². The van der Waals surface area contributed by atoms with Crippen molar-refractivity contribution in [3.8, 4) is 0 Å². The van der Waals surface area contributed by atoms with Gasteiger partial charge < -0.3 is 15.5 Å². The zero-order valence-corrected chi connectivity index (χ0v) is 17.7. The van der Waals surface area contributed by atoms with Gasteiger partial charge in [0.2, 0.25) is 0 Å². The van der Waals surface area contributed by atoms with Crippen LogP contribution in [0.4, 0.5) is 11.6 Å². The van der Waals surface area contributed by atoms with Gasteiger partial charge in [-0.05, 0) is 73.2 Å². The van der Waals surface area contributed by atoms with E-state index in [1.165, 1.54) is 0 Å². The van der Waals surface area contributed by atoms with Crippen LogP contribution in [0, 0.1) is 0 Å². The number of piperidine rings is 1. The van der Waals surface area contributed by atoms with Crippen molar-refractivity contribution in [3.63, 3.8) is 0 Å². The maximum absolute atomic E-state index is 12.4. The van der Waals surface area contributed by atoms with Crippen molar-refractivity contribution in [3.05, 3.63) is 52.5 Å². The van der Waals surface area contributed by atoms with E-state index in [2.05, 4.69) is 43.5 Å². The van der Waals surface area contributed by atoms with Crippen molar-refractivity contribution in [2.24, 2.45) is 0 Å². The number of benzene rings is 1. The number of likely N-dealkylation sites (tertiary alicyclic amines) is 1. The molecule has 0 atom stereocenters. The molecule has 1 amide bonds. The largest absolute Gasteiger partial charge is 0.367 e. The molecular weight excluding hydrogens is 439 g/mol. The van der Waals surface area contributed by atoms with Crippen molar-refractivity contribution in [2.45, 2.75) is 18.9 Å². The van der Waals surface area contributed by atoms with Gasteiger partial charge in [-0.15, -0.1) is 24.8 Å². The van der Waals surface area contributed by atoms with Gasteiger partial charge in [-0.1, -0.05) is 18.2 Å². The van der Waals surface area contributed by atoms with Gasteiger partial charge >= 0.3 is 0 Å².